The summed E-state index contributed by atoms with van der Waals surface area (Å²) in [6.45, 7) is 4.35. The monoisotopic (exact) mass is 252 g/mol. The van der Waals surface area contributed by atoms with Crippen LogP contribution in [0.1, 0.15) is 25.8 Å². The second kappa shape index (κ2) is 6.90. The van der Waals surface area contributed by atoms with Gasteiger partial charge in [-0.2, -0.15) is 0 Å². The van der Waals surface area contributed by atoms with E-state index in [9.17, 15) is 4.79 Å². The molecule has 0 aliphatic rings. The van der Waals surface area contributed by atoms with E-state index >= 15 is 0 Å². The van der Waals surface area contributed by atoms with Gasteiger partial charge in [-0.15, -0.1) is 0 Å². The Balaban J connectivity index is 2.58. The van der Waals surface area contributed by atoms with Crippen molar-refractivity contribution < 1.29 is 9.90 Å². The molecule has 0 bridgehead atoms. The summed E-state index contributed by atoms with van der Waals surface area (Å²) in [5, 5.41) is 15.0. The topological polar surface area (TPSA) is 87.1 Å². The van der Waals surface area contributed by atoms with Crippen LogP contribution in [0, 0.1) is 5.92 Å². The first-order valence-electron chi connectivity index (χ1n) is 6.03. The molecule has 18 heavy (non-hydrogen) atoms. The molecule has 0 aromatic carbocycles. The van der Waals surface area contributed by atoms with Gasteiger partial charge in [-0.3, -0.25) is 10.1 Å². The summed E-state index contributed by atoms with van der Waals surface area (Å²) >= 11 is 0. The molecule has 1 rings (SSSR count). The number of hydrogen-bond acceptors (Lipinski definition) is 5. The fourth-order valence-corrected chi connectivity index (χ4v) is 1.57. The molecule has 100 valence electrons. The maximum Gasteiger partial charge on any atom is 0.320 e. The molecule has 0 aliphatic heterocycles. The van der Waals surface area contributed by atoms with Gasteiger partial charge >= 0.3 is 5.97 Å². The Morgan fingerprint density at radius 2 is 2.06 bits per heavy atom. The van der Waals surface area contributed by atoms with E-state index in [1.807, 2.05) is 13.8 Å². The Hall–Kier alpha value is -1.69. The number of nitrogens with zero attached hydrogens (tertiary/aromatic N) is 2. The van der Waals surface area contributed by atoms with Crippen LogP contribution in [0.15, 0.2) is 12.4 Å². The normalized spacial score (nSPS) is 13.9. The lowest BCUT2D eigenvalue weighted by atomic mass is 9.99. The van der Waals surface area contributed by atoms with E-state index in [1.54, 1.807) is 19.4 Å². The van der Waals surface area contributed by atoms with Crippen molar-refractivity contribution in [2.24, 2.45) is 5.92 Å². The number of carbonyl (C=O) groups is 1. The largest absolute Gasteiger partial charge is 0.480 e. The minimum Gasteiger partial charge on any atom is -0.480 e. The third-order valence-corrected chi connectivity index (χ3v) is 2.93. The highest BCUT2D eigenvalue weighted by molar-refractivity contribution is 5.73. The molecule has 6 nitrogen and oxygen atoms in total. The zero-order valence-corrected chi connectivity index (χ0v) is 11.0. The van der Waals surface area contributed by atoms with Gasteiger partial charge in [-0.1, -0.05) is 20.3 Å². The molecule has 1 aromatic heterocycles. The minimum absolute atomic E-state index is 0.0833. The van der Waals surface area contributed by atoms with Crippen LogP contribution in [-0.2, 0) is 11.3 Å². The van der Waals surface area contributed by atoms with Crippen LogP contribution in [0.2, 0.25) is 0 Å². The summed E-state index contributed by atoms with van der Waals surface area (Å²) in [4.78, 5) is 19.3. The number of carboxylic acid groups (broad SMARTS) is 1. The van der Waals surface area contributed by atoms with Crippen LogP contribution >= 0.6 is 0 Å². The molecule has 0 aliphatic carbocycles. The molecule has 0 saturated carbocycles. The highest BCUT2D eigenvalue weighted by atomic mass is 16.4. The minimum atomic E-state index is -0.822. The van der Waals surface area contributed by atoms with Crippen molar-refractivity contribution in [2.75, 3.05) is 12.4 Å². The maximum atomic E-state index is 11.1. The number of carboxylic acids is 1. The summed E-state index contributed by atoms with van der Waals surface area (Å²) in [5.41, 5.74) is 0.864. The summed E-state index contributed by atoms with van der Waals surface area (Å²) in [5.74, 6) is -0.187. The van der Waals surface area contributed by atoms with E-state index < -0.39 is 12.0 Å². The van der Waals surface area contributed by atoms with Crippen molar-refractivity contribution >= 4 is 11.9 Å². The van der Waals surface area contributed by atoms with Gasteiger partial charge in [0, 0.05) is 31.5 Å². The van der Waals surface area contributed by atoms with Crippen molar-refractivity contribution in [1.29, 1.82) is 0 Å². The van der Waals surface area contributed by atoms with Crippen LogP contribution in [0.5, 0.6) is 0 Å². The van der Waals surface area contributed by atoms with Gasteiger partial charge in [-0.25, -0.2) is 9.97 Å². The van der Waals surface area contributed by atoms with Crippen molar-refractivity contribution in [2.45, 2.75) is 32.9 Å². The fourth-order valence-electron chi connectivity index (χ4n) is 1.57. The standard InChI is InChI=1S/C12H20N4O2/c1-4-8(2)10(11(17)18)14-5-9-6-15-12(13-3)16-7-9/h6-8,10,14H,4-5H2,1-3H3,(H,17,18)(H,13,15,16)/t8-,10+/m1/s1. The average molecular weight is 252 g/mol. The molecule has 0 unspecified atom stereocenters. The van der Waals surface area contributed by atoms with Crippen molar-refractivity contribution in [1.82, 2.24) is 15.3 Å². The van der Waals surface area contributed by atoms with Crippen LogP contribution in [0.4, 0.5) is 5.95 Å². The quantitative estimate of drug-likeness (QED) is 0.674. The second-order valence-corrected chi connectivity index (χ2v) is 4.25. The van der Waals surface area contributed by atoms with Gasteiger partial charge in [0.2, 0.25) is 5.95 Å². The van der Waals surface area contributed by atoms with Gasteiger partial charge in [0.25, 0.3) is 0 Å². The number of aromatic nitrogens is 2. The number of nitrogens with one attached hydrogen (secondary N) is 2. The molecule has 2 atom stereocenters. The lowest BCUT2D eigenvalue weighted by Gasteiger charge is -2.20. The number of anilines is 1. The van der Waals surface area contributed by atoms with Gasteiger partial charge < -0.3 is 10.4 Å². The zero-order valence-electron chi connectivity index (χ0n) is 11.0. The van der Waals surface area contributed by atoms with Crippen LogP contribution in [0.25, 0.3) is 0 Å². The molecule has 0 fully saturated rings. The van der Waals surface area contributed by atoms with Gasteiger partial charge in [0.05, 0.1) is 0 Å². The Morgan fingerprint density at radius 3 is 2.50 bits per heavy atom. The second-order valence-electron chi connectivity index (χ2n) is 4.25. The van der Waals surface area contributed by atoms with Gasteiger partial charge in [0.15, 0.2) is 0 Å². The number of aliphatic carboxylic acids is 1. The Morgan fingerprint density at radius 1 is 1.44 bits per heavy atom. The van der Waals surface area contributed by atoms with Gasteiger partial charge in [-0.05, 0) is 5.92 Å². The highest BCUT2D eigenvalue weighted by Crippen LogP contribution is 2.09. The van der Waals surface area contributed by atoms with Crippen molar-refractivity contribution in [3.63, 3.8) is 0 Å². The van der Waals surface area contributed by atoms with Crippen molar-refractivity contribution in [3.8, 4) is 0 Å². The summed E-state index contributed by atoms with van der Waals surface area (Å²) in [6.07, 6.45) is 4.18. The first-order chi connectivity index (χ1) is 8.58. The van der Waals surface area contributed by atoms with Gasteiger partial charge in [0.1, 0.15) is 6.04 Å². The molecule has 0 saturated heterocycles. The molecule has 6 heteroatoms. The van der Waals surface area contributed by atoms with E-state index in [0.717, 1.165) is 12.0 Å². The molecule has 0 radical (unpaired) electrons. The summed E-state index contributed by atoms with van der Waals surface area (Å²) in [6, 6.07) is -0.543. The van der Waals surface area contributed by atoms with Crippen LogP contribution < -0.4 is 10.6 Å². The first-order valence-corrected chi connectivity index (χ1v) is 6.03. The van der Waals surface area contributed by atoms with Crippen LogP contribution in [0.3, 0.4) is 0 Å². The molecule has 0 amide bonds. The molecule has 3 N–H and O–H groups in total. The Kier molecular flexibility index (Phi) is 5.51. The average Bonchev–Trinajstić information content (AvgIpc) is 2.39. The highest BCUT2D eigenvalue weighted by Gasteiger charge is 2.22. The van der Waals surface area contributed by atoms with E-state index in [-0.39, 0.29) is 5.92 Å². The predicted octanol–water partition coefficient (Wildman–Crippen LogP) is 1.11. The summed E-state index contributed by atoms with van der Waals surface area (Å²) < 4.78 is 0. The lowest BCUT2D eigenvalue weighted by Crippen LogP contribution is -2.41. The Labute approximate surface area is 107 Å². The van der Waals surface area contributed by atoms with Crippen LogP contribution in [-0.4, -0.2) is 34.1 Å². The fraction of sp³-hybridized carbons (Fsp3) is 0.583. The van der Waals surface area contributed by atoms with E-state index in [1.165, 1.54) is 0 Å². The number of hydrogen-bond donors (Lipinski definition) is 3. The zero-order chi connectivity index (χ0) is 13.5. The SMILES string of the molecule is CC[C@@H](C)[C@H](NCc1cnc(NC)nc1)C(=O)O. The summed E-state index contributed by atoms with van der Waals surface area (Å²) in [7, 11) is 1.75. The molecule has 1 aromatic rings. The predicted molar refractivity (Wildman–Crippen MR) is 69.3 cm³/mol. The lowest BCUT2D eigenvalue weighted by molar-refractivity contribution is -0.140. The third kappa shape index (κ3) is 3.96. The first kappa shape index (κ1) is 14.4. The third-order valence-electron chi connectivity index (χ3n) is 2.93. The Bertz CT molecular complexity index is 380. The van der Waals surface area contributed by atoms with Crippen molar-refractivity contribution in [3.05, 3.63) is 18.0 Å². The van der Waals surface area contributed by atoms with E-state index in [2.05, 4.69) is 20.6 Å². The smallest absolute Gasteiger partial charge is 0.320 e. The van der Waals surface area contributed by atoms with E-state index in [4.69, 9.17) is 5.11 Å². The molecule has 0 spiro atoms. The number of rotatable bonds is 7. The molecular formula is C12H20N4O2. The van der Waals surface area contributed by atoms with E-state index in [0.29, 0.717) is 12.5 Å². The maximum absolute atomic E-state index is 11.1. The molecular weight excluding hydrogens is 232 g/mol. The molecule has 1 heterocycles.